The molecule has 40 nitrogen and oxygen atoms in total. The number of fused-ring (bicyclic) bond motifs is 5. The predicted molar refractivity (Wildman–Crippen MR) is 521 cm³/mol. The summed E-state index contributed by atoms with van der Waals surface area (Å²) in [5.41, 5.74) is -6.18. The van der Waals surface area contributed by atoms with E-state index in [-0.39, 0.29) is 140 Å². The first kappa shape index (κ1) is 123. The summed E-state index contributed by atoms with van der Waals surface area (Å²) in [6, 6.07) is -13.8. The van der Waals surface area contributed by atoms with Crippen molar-refractivity contribution in [1.82, 2.24) is 55.6 Å². The van der Waals surface area contributed by atoms with Crippen LogP contribution < -0.4 is 21.3 Å². The number of amides is 11. The molecule has 0 spiro atoms. The molecule has 41 heteroatoms. The zero-order chi connectivity index (χ0) is 108. The number of ketones is 2. The Labute approximate surface area is 842 Å². The molecule has 20 atom stereocenters. The second-order valence-corrected chi connectivity index (χ2v) is 41.7. The number of rotatable bonds is 39. The Morgan fingerprint density at radius 2 is 0.979 bits per heavy atom. The third-order valence-corrected chi connectivity index (χ3v) is 28.5. The SMILES string of the molecule is C/C=C/C[C@@H](C)C(OC(=O)OCOC(=O)CCC(=O)OCCOCCOCCOCCOC(=O)CCC(=O)OCC(=O)[C@@]1(O)[C@@H](C)CC2C3CCC4=CC(=O)C=C[C@]4(C)[C@@]3(F)[C@@H](O)C[C@@]21C)C1C(=O)NC(CC)C(=O)N(C)CC(=O)N(C)[C@@H](CC(C)C)C(=O)NC(C(C)C)C(=O)N(C)C(CC(C)C)C(=O)NC(C)C(=O)NC(C)C(=O)N(C)C(CC(C)C)C(=O)N(C)C(CC(C)C)C(=O)N(C)C(C(C)C)C(=O)N1C. The van der Waals surface area contributed by atoms with Gasteiger partial charge < -0.3 is 108 Å². The van der Waals surface area contributed by atoms with E-state index in [2.05, 4.69) is 21.3 Å². The second kappa shape index (κ2) is 55.8. The topological polar surface area (TPSA) is 502 Å². The molecule has 1 heterocycles. The number of carbonyl (C=O) groups excluding carboxylic acids is 18. The van der Waals surface area contributed by atoms with E-state index in [1.165, 1.54) is 96.1 Å². The third kappa shape index (κ3) is 32.1. The Bertz CT molecular complexity index is 4520. The van der Waals surface area contributed by atoms with Gasteiger partial charge in [-0.1, -0.05) is 135 Å². The van der Waals surface area contributed by atoms with Crippen LogP contribution in [0.4, 0.5) is 9.18 Å². The van der Waals surface area contributed by atoms with Crippen LogP contribution in [0.5, 0.6) is 0 Å². The van der Waals surface area contributed by atoms with Gasteiger partial charge >= 0.3 is 30.0 Å². The van der Waals surface area contributed by atoms with Crippen molar-refractivity contribution in [2.24, 2.45) is 70.0 Å². The molecular weight excluding hydrogens is 1860 g/mol. The van der Waals surface area contributed by atoms with E-state index >= 15 is 23.6 Å². The molecule has 0 radical (unpaired) electrons. The largest absolute Gasteiger partial charge is 0.511 e. The number of carbonyl (C=O) groups is 18. The fourth-order valence-electron chi connectivity index (χ4n) is 20.2. The van der Waals surface area contributed by atoms with Crippen LogP contribution in [0, 0.1) is 70.0 Å². The maximum Gasteiger partial charge on any atom is 0.511 e. The first-order chi connectivity index (χ1) is 66.8. The molecule has 143 heavy (non-hydrogen) atoms. The number of allylic oxidation sites excluding steroid dienone is 6. The van der Waals surface area contributed by atoms with Gasteiger partial charge in [0.05, 0.1) is 78.0 Å². The van der Waals surface area contributed by atoms with Crippen molar-refractivity contribution in [1.29, 1.82) is 0 Å². The lowest BCUT2D eigenvalue weighted by Crippen LogP contribution is -2.69. The molecule has 0 aromatic rings. The molecule has 4 fully saturated rings. The highest BCUT2D eigenvalue weighted by atomic mass is 19.1. The Morgan fingerprint density at radius 3 is 1.48 bits per heavy atom. The zero-order valence-electron chi connectivity index (χ0n) is 89.2. The summed E-state index contributed by atoms with van der Waals surface area (Å²) >= 11 is 0. The quantitative estimate of drug-likeness (QED) is 0.0133. The van der Waals surface area contributed by atoms with E-state index in [9.17, 15) is 77.3 Å². The van der Waals surface area contributed by atoms with Gasteiger partial charge in [-0.25, -0.2) is 9.18 Å². The monoisotopic (exact) mass is 2030 g/mol. The molecule has 1 saturated heterocycles. The number of alkyl halides is 1. The highest BCUT2D eigenvalue weighted by Crippen LogP contribution is 2.71. The summed E-state index contributed by atoms with van der Waals surface area (Å²) in [6.45, 7) is 31.2. The summed E-state index contributed by atoms with van der Waals surface area (Å²) in [5.74, 6) is -18.3. The molecule has 5 aliphatic rings. The minimum atomic E-state index is -2.17. The average Bonchev–Trinajstić information content (AvgIpc) is 1.56. The standard InChI is InChI=1S/C102H164FN11O29/c1-28-30-31-64(15)87(143-98(133)142-57-141-83(122)37-35-81(120)139-47-45-137-43-41-135-40-42-136-44-46-138-80(119)34-36-82(121)140-56-78(117)102(134)65(16)52-71-70-33-32-68-53-69(115)38-39-99(68,19)101(70,103)77(116)54-100(71,102)20)86-91(126)106-72(29-2)93(128)108(21)55-79(118)109(22)73(48-58(3)4)90(125)107-84(62(11)12)96(131)110(23)74(49-59(5)6)89(124)104-66(17)88(123)105-67(18)92(127)111(24)75(50-60(7)8)94(129)112(25)76(51-61(9)10)95(130)113(26)85(63(13)14)97(132)114(86)27/h28,30,38-39,53,58-67,70-77,84-87,116,134H,29,31-37,40-52,54-57H2,1-27H3,(H,104,124)(H,105,123)(H,106,126)(H,107,125)/b30-28+/t64-,65+,66?,67?,70?,71?,72?,73+,74?,75?,76?,77+,84?,85?,86?,87?,99+,100+,101+,102+/m1/s1. The van der Waals surface area contributed by atoms with Gasteiger partial charge in [-0.05, 0) is 157 Å². The molecule has 4 aliphatic carbocycles. The number of nitrogens with zero attached hydrogens (tertiary/aromatic N) is 7. The van der Waals surface area contributed by atoms with Gasteiger partial charge in [0.1, 0.15) is 85.3 Å². The van der Waals surface area contributed by atoms with Gasteiger partial charge in [0.15, 0.2) is 18.1 Å². The van der Waals surface area contributed by atoms with Gasteiger partial charge in [0.25, 0.3) is 0 Å². The summed E-state index contributed by atoms with van der Waals surface area (Å²) in [7, 11) is 9.42. The van der Waals surface area contributed by atoms with Crippen molar-refractivity contribution >= 4 is 107 Å². The lowest BCUT2D eigenvalue weighted by Gasteiger charge is -2.62. The lowest BCUT2D eigenvalue weighted by molar-refractivity contribution is -0.220. The Balaban J connectivity index is 1.23. The zero-order valence-corrected chi connectivity index (χ0v) is 89.2. The van der Waals surface area contributed by atoms with E-state index in [0.717, 1.165) is 19.6 Å². The van der Waals surface area contributed by atoms with Crippen LogP contribution in [0.15, 0.2) is 36.0 Å². The number of aliphatic hydroxyl groups excluding tert-OH is 1. The lowest BCUT2D eigenvalue weighted by atomic mass is 9.44. The van der Waals surface area contributed by atoms with Gasteiger partial charge in [0, 0.05) is 66.1 Å². The summed E-state index contributed by atoms with van der Waals surface area (Å²) in [5, 5.41) is 34.8. The summed E-state index contributed by atoms with van der Waals surface area (Å²) < 4.78 is 66.1. The highest BCUT2D eigenvalue weighted by Gasteiger charge is 2.76. The molecule has 5 rings (SSSR count). The van der Waals surface area contributed by atoms with Crippen LogP contribution in [-0.2, 0) is 124 Å². The molecule has 0 aromatic carbocycles. The average molecular weight is 2030 g/mol. The van der Waals surface area contributed by atoms with Gasteiger partial charge in [-0.3, -0.25) is 81.5 Å². The Kier molecular flexibility index (Phi) is 48.0. The number of likely N-dealkylation sites (N-methyl/N-ethyl adjacent to an activating group) is 7. The Hall–Kier alpha value is -10.4. The van der Waals surface area contributed by atoms with Crippen LogP contribution in [-0.4, -0.2) is 357 Å². The first-order valence-electron chi connectivity index (χ1n) is 50.2. The maximum absolute atomic E-state index is 17.6. The van der Waals surface area contributed by atoms with E-state index in [0.29, 0.717) is 18.4 Å². The highest BCUT2D eigenvalue weighted by molar-refractivity contribution is 6.02. The van der Waals surface area contributed by atoms with Crippen LogP contribution in [0.1, 0.15) is 228 Å². The minimum Gasteiger partial charge on any atom is -0.463 e. The number of nitrogens with one attached hydrogen (secondary N) is 4. The van der Waals surface area contributed by atoms with Crippen molar-refractivity contribution in [3.05, 3.63) is 36.0 Å². The minimum absolute atomic E-state index is 0.0193. The number of hydrogen-bond acceptors (Lipinski definition) is 29. The molecule has 11 amide bonds. The number of ether oxygens (including phenoxy) is 9. The van der Waals surface area contributed by atoms with Crippen LogP contribution in [0.2, 0.25) is 0 Å². The summed E-state index contributed by atoms with van der Waals surface area (Å²) in [4.78, 5) is 264. The smallest absolute Gasteiger partial charge is 0.463 e. The molecule has 3 saturated carbocycles. The van der Waals surface area contributed by atoms with Crippen molar-refractivity contribution in [2.45, 2.75) is 312 Å². The van der Waals surface area contributed by atoms with E-state index < -0.39 is 270 Å². The number of aliphatic hydroxyl groups is 2. The normalized spacial score (nSPS) is 28.6. The molecule has 0 aromatic heterocycles. The molecule has 12 unspecified atom stereocenters. The van der Waals surface area contributed by atoms with Gasteiger partial charge in [-0.15, -0.1) is 0 Å². The molecule has 0 bridgehead atoms. The second-order valence-electron chi connectivity index (χ2n) is 41.7. The molecular formula is C102H164FN11O29. The number of Topliss-reactive ketones (excluding diaryl/α,β-unsaturated/α-hetero) is 1. The third-order valence-electron chi connectivity index (χ3n) is 28.5. The maximum atomic E-state index is 17.6. The van der Waals surface area contributed by atoms with Crippen molar-refractivity contribution in [3.63, 3.8) is 0 Å². The van der Waals surface area contributed by atoms with Gasteiger partial charge in [0.2, 0.25) is 77.6 Å². The fraction of sp³-hybridized carbons (Fsp3) is 0.765. The van der Waals surface area contributed by atoms with E-state index in [4.69, 9.17) is 42.6 Å². The van der Waals surface area contributed by atoms with Crippen molar-refractivity contribution < 1.29 is 144 Å². The number of esters is 4. The molecule has 808 valence electrons. The van der Waals surface area contributed by atoms with Crippen LogP contribution >= 0.6 is 0 Å². The number of hydrogen-bond donors (Lipinski definition) is 6. The van der Waals surface area contributed by atoms with Crippen molar-refractivity contribution in [2.75, 3.05) is 122 Å². The molecule has 1 aliphatic heterocycles. The van der Waals surface area contributed by atoms with E-state index in [1.807, 2.05) is 55.4 Å². The fourth-order valence-corrected chi connectivity index (χ4v) is 20.2. The van der Waals surface area contributed by atoms with Crippen LogP contribution in [0.25, 0.3) is 0 Å². The number of halogens is 1. The summed E-state index contributed by atoms with van der Waals surface area (Å²) in [6.07, 6.45) is 1.85. The van der Waals surface area contributed by atoms with Crippen LogP contribution in [0.3, 0.4) is 0 Å². The Morgan fingerprint density at radius 1 is 0.517 bits per heavy atom. The van der Waals surface area contributed by atoms with E-state index in [1.54, 1.807) is 81.4 Å². The van der Waals surface area contributed by atoms with Crippen molar-refractivity contribution in [3.8, 4) is 0 Å². The first-order valence-corrected chi connectivity index (χ1v) is 50.2. The van der Waals surface area contributed by atoms with Gasteiger partial charge in [-0.2, -0.15) is 0 Å². The molecule has 6 N–H and O–H groups in total. The predicted octanol–water partition coefficient (Wildman–Crippen LogP) is 6.09.